The summed E-state index contributed by atoms with van der Waals surface area (Å²) in [5.74, 6) is -1.24. The second kappa shape index (κ2) is 79.1. The summed E-state index contributed by atoms with van der Waals surface area (Å²) < 4.78 is 10.2. The Morgan fingerprint density at radius 1 is 0.410 bits per heavy atom. The Labute approximate surface area is 565 Å². The molecule has 0 spiro atoms. The number of carboxylic acid groups (broad SMARTS) is 4. The number of thiol groups is 6. The maximum absolute atomic E-state index is 10.5. The van der Waals surface area contributed by atoms with E-state index in [0.29, 0.717) is 48.7 Å². The van der Waals surface area contributed by atoms with Crippen LogP contribution in [-0.2, 0) is 28.7 Å². The molecule has 0 aliphatic carbocycles. The molecule has 0 heterocycles. The fourth-order valence-electron chi connectivity index (χ4n) is 7.29. The van der Waals surface area contributed by atoms with Crippen LogP contribution < -0.4 is 20.4 Å². The van der Waals surface area contributed by atoms with Crippen molar-refractivity contribution in [2.45, 2.75) is 285 Å². The van der Waals surface area contributed by atoms with Crippen LogP contribution in [0, 0.1) is 47.3 Å². The maximum atomic E-state index is 10.5. The third-order valence-corrected chi connectivity index (χ3v) is 23.2. The number of rotatable bonds is 47. The van der Waals surface area contributed by atoms with Crippen LogP contribution in [0.4, 0.5) is 0 Å². The molecule has 0 aromatic heterocycles. The first-order chi connectivity index (χ1) is 39.3. The van der Waals surface area contributed by atoms with Crippen LogP contribution in [0.5, 0.6) is 0 Å². The maximum Gasteiger partial charge on any atom is 0.328 e. The minimum atomic E-state index is -0.955. The molecule has 4 atom stereocenters. The molecule has 0 aliphatic heterocycles. The summed E-state index contributed by atoms with van der Waals surface area (Å²) in [6.07, 6.45) is 32.6. The molecule has 83 heavy (non-hydrogen) atoms. The first-order valence-corrected chi connectivity index (χ1v) is 43.8. The third-order valence-electron chi connectivity index (χ3n) is 12.9. The van der Waals surface area contributed by atoms with Crippen LogP contribution in [-0.4, -0.2) is 118 Å². The topological polar surface area (TPSA) is 207 Å². The van der Waals surface area contributed by atoms with E-state index in [2.05, 4.69) is 164 Å². The summed E-state index contributed by atoms with van der Waals surface area (Å²) in [6, 6.07) is 0. The van der Waals surface area contributed by atoms with E-state index in [4.69, 9.17) is 5.11 Å². The molecule has 496 valence electrons. The molecule has 0 aromatic rings. The molecular weight excluding hydrogens is 1370 g/mol. The van der Waals surface area contributed by atoms with Gasteiger partial charge >= 0.3 is 145 Å². The quantitative estimate of drug-likeness (QED) is 0.0100. The third kappa shape index (κ3) is 91.9. The van der Waals surface area contributed by atoms with Crippen LogP contribution in [0.25, 0.3) is 0 Å². The van der Waals surface area contributed by atoms with Crippen LogP contribution in [0.1, 0.15) is 263 Å². The molecule has 0 rings (SSSR count). The first kappa shape index (κ1) is 97.6. The van der Waals surface area contributed by atoms with Crippen molar-refractivity contribution in [1.29, 1.82) is 0 Å². The van der Waals surface area contributed by atoms with Gasteiger partial charge in [-0.1, -0.05) is 158 Å². The second-order valence-electron chi connectivity index (χ2n) is 23.1. The summed E-state index contributed by atoms with van der Waals surface area (Å²) in [6.45, 7) is 26.7. The predicted octanol–water partition coefficient (Wildman–Crippen LogP) is 13.5. The number of aliphatic carboxylic acids is 4. The normalized spacial score (nSPS) is 12.0. The van der Waals surface area contributed by atoms with Gasteiger partial charge in [0.05, 0.1) is 6.61 Å². The molecule has 19 heteroatoms. The van der Waals surface area contributed by atoms with Crippen LogP contribution in [0.2, 0.25) is 17.7 Å². The fourth-order valence-corrected chi connectivity index (χ4v) is 17.1. The monoisotopic (exact) mass is 1500 g/mol. The van der Waals surface area contributed by atoms with Crippen molar-refractivity contribution in [3.05, 3.63) is 0 Å². The Kier molecular flexibility index (Phi) is 93.0. The van der Waals surface area contributed by atoms with E-state index in [1.165, 1.54) is 103 Å². The summed E-state index contributed by atoms with van der Waals surface area (Å²) in [5.41, 5.74) is 0. The van der Waals surface area contributed by atoms with Crippen molar-refractivity contribution in [2.75, 3.05) is 36.2 Å². The number of esters is 1. The van der Waals surface area contributed by atoms with Gasteiger partial charge in [0.15, 0.2) is 0 Å². The van der Waals surface area contributed by atoms with Gasteiger partial charge in [-0.05, 0) is 72.4 Å². The van der Waals surface area contributed by atoms with E-state index >= 15 is 0 Å². The zero-order valence-corrected chi connectivity index (χ0v) is 65.9. The Hall–Kier alpha value is 1.01. The standard InChI is InChI=1S/4C11H22O2S.C4H8O3S2.4C4H9.2Sn/c4*1-9(2)6-4-3-5-7-10(8-14)11(12)13;5-1-2-7-3(6)4(8)9;4*1-3-4-2;;/h4*9-10,14H,3-8H2,1-2H3,(H,12,13);4-5,8-9H,1-2H2;4*1,3-4H2,2H3;;/q;;;;;;;;;;+2/p-4. The van der Waals surface area contributed by atoms with Crippen LogP contribution >= 0.6 is 75.8 Å². The van der Waals surface area contributed by atoms with Gasteiger partial charge in [0.1, 0.15) is 11.2 Å². The zero-order chi connectivity index (χ0) is 65.1. The first-order valence-electron chi connectivity index (χ1n) is 32.1. The van der Waals surface area contributed by atoms with Crippen LogP contribution in [0.3, 0.4) is 0 Å². The van der Waals surface area contributed by atoms with Crippen LogP contribution in [0.15, 0.2) is 0 Å². The minimum absolute atomic E-state index is 0.0104. The van der Waals surface area contributed by atoms with Crippen molar-refractivity contribution in [1.82, 2.24) is 0 Å². The second-order valence-corrected chi connectivity index (χ2v) is 34.6. The summed E-state index contributed by atoms with van der Waals surface area (Å²) in [5, 5.41) is 50.3. The van der Waals surface area contributed by atoms with Crippen molar-refractivity contribution in [2.24, 2.45) is 47.3 Å². The minimum Gasteiger partial charge on any atom is -0.462 e. The molecule has 0 aromatic carbocycles. The Bertz CT molecular complexity index is 1190. The van der Waals surface area contributed by atoms with Crippen molar-refractivity contribution in [3.8, 4) is 0 Å². The molecular formula is C64H128O11S6Sn2-2. The number of hydrogen-bond donors (Lipinski definition) is 7. The number of carboxylic acids is 4. The van der Waals surface area contributed by atoms with E-state index < -0.39 is 34.4 Å². The number of aliphatic hydroxyl groups excluding tert-OH is 1. The van der Waals surface area contributed by atoms with Gasteiger partial charge < -0.3 is 49.4 Å². The predicted molar refractivity (Wildman–Crippen MR) is 371 cm³/mol. The SMILES string of the molecule is CC(C)CCCCCC(CS)C(=O)[O-].CC(C)CCCCCC(CS)C(=O)[O-].CC(C)CCCCCC(CS)C(=O)[O-].CC(C)CCCCCC(CS)C(=O)[O-].CCC[CH2][Sn+2][CH2]CCC.CCC[CH2][Sn][CH2]CCC.O=C(OCCO)C(S)S. The number of carbonyl (C=O) groups excluding carboxylic acids is 5. The van der Waals surface area contributed by atoms with Crippen molar-refractivity contribution >= 4 is 148 Å². The van der Waals surface area contributed by atoms with E-state index in [9.17, 15) is 44.4 Å². The largest absolute Gasteiger partial charge is 0.462 e. The molecule has 0 fully saturated rings. The number of aliphatic hydroxyl groups is 1. The fraction of sp³-hybridized carbons (Fsp3) is 0.922. The van der Waals surface area contributed by atoms with Gasteiger partial charge in [-0.3, -0.25) is 0 Å². The van der Waals surface area contributed by atoms with E-state index in [1.54, 1.807) is 17.7 Å². The van der Waals surface area contributed by atoms with Gasteiger partial charge in [-0.15, -0.1) is 0 Å². The molecule has 0 saturated heterocycles. The number of hydrogen-bond acceptors (Lipinski definition) is 17. The van der Waals surface area contributed by atoms with Gasteiger partial charge in [0.25, 0.3) is 0 Å². The molecule has 0 bridgehead atoms. The van der Waals surface area contributed by atoms with Gasteiger partial charge in [0, 0.05) is 47.5 Å². The van der Waals surface area contributed by atoms with E-state index in [-0.39, 0.29) is 79.2 Å². The van der Waals surface area contributed by atoms with Gasteiger partial charge in [-0.25, -0.2) is 4.79 Å². The molecule has 0 amide bonds. The van der Waals surface area contributed by atoms with Gasteiger partial charge in [0.2, 0.25) is 0 Å². The summed E-state index contributed by atoms with van der Waals surface area (Å²) >= 11 is 23.6. The Morgan fingerprint density at radius 3 is 0.831 bits per heavy atom. The van der Waals surface area contributed by atoms with E-state index in [1.807, 2.05) is 0 Å². The average Bonchev–Trinajstić information content (AvgIpc) is 3.42. The molecule has 0 saturated carbocycles. The Morgan fingerprint density at radius 2 is 0.651 bits per heavy atom. The molecule has 0 aliphatic rings. The number of carbonyl (C=O) groups is 5. The molecule has 4 unspecified atom stereocenters. The Balaban J connectivity index is -0.000000164. The molecule has 1 N–H and O–H groups in total. The molecule has 2 radical (unpaired) electrons. The number of ether oxygens (including phenoxy) is 1. The van der Waals surface area contributed by atoms with Gasteiger partial charge in [-0.2, -0.15) is 75.8 Å². The average molecular weight is 1500 g/mol. The molecule has 11 nitrogen and oxygen atoms in total. The van der Waals surface area contributed by atoms with Crippen molar-refractivity contribution < 1.29 is 54.2 Å². The summed E-state index contributed by atoms with van der Waals surface area (Å²) in [4.78, 5) is 52.6. The zero-order valence-electron chi connectivity index (χ0n) is 54.8. The van der Waals surface area contributed by atoms with Crippen molar-refractivity contribution in [3.63, 3.8) is 0 Å². The van der Waals surface area contributed by atoms with E-state index in [0.717, 1.165) is 75.0 Å². The smallest absolute Gasteiger partial charge is 0.328 e. The number of unbranched alkanes of at least 4 members (excludes halogenated alkanes) is 12. The summed E-state index contributed by atoms with van der Waals surface area (Å²) in [7, 11) is 0.